The fraction of sp³-hybridized carbons (Fsp3) is 0.389. The van der Waals surface area contributed by atoms with Crippen LogP contribution in [0.15, 0.2) is 22.7 Å². The monoisotopic (exact) mass is 329 g/mol. The largest absolute Gasteiger partial charge is 0.361 e. The fourth-order valence-corrected chi connectivity index (χ4v) is 2.49. The highest BCUT2D eigenvalue weighted by Crippen LogP contribution is 2.18. The second-order valence-electron chi connectivity index (χ2n) is 5.87. The van der Waals surface area contributed by atoms with Crippen molar-refractivity contribution in [3.8, 4) is 0 Å². The number of carbonyl (C=O) groups is 2. The normalized spacial score (nSPS) is 10.5. The molecule has 6 heteroatoms. The molecule has 2 rings (SSSR count). The minimum Gasteiger partial charge on any atom is -0.361 e. The summed E-state index contributed by atoms with van der Waals surface area (Å²) in [5.41, 5.74) is 3.93. The Morgan fingerprint density at radius 2 is 1.96 bits per heavy atom. The third kappa shape index (κ3) is 3.64. The van der Waals surface area contributed by atoms with Crippen molar-refractivity contribution in [3.05, 3.63) is 46.3 Å². The van der Waals surface area contributed by atoms with E-state index in [0.29, 0.717) is 23.4 Å². The number of nitrogens with zero attached hydrogens (tertiary/aromatic N) is 2. The van der Waals surface area contributed by atoms with E-state index in [-0.39, 0.29) is 18.4 Å². The number of likely N-dealkylation sites (N-methyl/N-ethyl adjacent to an activating group) is 1. The molecule has 0 bridgehead atoms. The van der Waals surface area contributed by atoms with Gasteiger partial charge < -0.3 is 14.7 Å². The molecule has 1 aromatic heterocycles. The van der Waals surface area contributed by atoms with Gasteiger partial charge in [-0.1, -0.05) is 24.2 Å². The van der Waals surface area contributed by atoms with Crippen LogP contribution in [0, 0.1) is 20.8 Å². The van der Waals surface area contributed by atoms with E-state index in [1.165, 1.54) is 4.90 Å². The molecule has 6 nitrogen and oxygen atoms in total. The molecule has 24 heavy (non-hydrogen) atoms. The van der Waals surface area contributed by atoms with E-state index in [4.69, 9.17) is 4.52 Å². The summed E-state index contributed by atoms with van der Waals surface area (Å²) in [5, 5.41) is 6.74. The summed E-state index contributed by atoms with van der Waals surface area (Å²) in [6.45, 7) is 7.50. The maximum atomic E-state index is 12.6. The number of nitrogens with one attached hydrogen (secondary N) is 1. The van der Waals surface area contributed by atoms with Gasteiger partial charge in [-0.2, -0.15) is 0 Å². The Morgan fingerprint density at radius 1 is 1.25 bits per heavy atom. The first-order valence-electron chi connectivity index (χ1n) is 7.91. The van der Waals surface area contributed by atoms with Crippen LogP contribution in [0.4, 0.5) is 5.69 Å². The molecule has 0 aliphatic heterocycles. The molecule has 0 saturated carbocycles. The predicted octanol–water partition coefficient (Wildman–Crippen LogP) is 2.87. The quantitative estimate of drug-likeness (QED) is 0.915. The first kappa shape index (κ1) is 17.7. The summed E-state index contributed by atoms with van der Waals surface area (Å²) in [7, 11) is 1.59. The molecule has 2 aromatic rings. The molecule has 0 fully saturated rings. The number of aryl methyl sites for hydroxylation is 3. The third-order valence-corrected chi connectivity index (χ3v) is 4.09. The Labute approximate surface area is 141 Å². The van der Waals surface area contributed by atoms with E-state index in [2.05, 4.69) is 10.5 Å². The number of anilines is 1. The number of rotatable bonds is 5. The molecule has 0 spiro atoms. The van der Waals surface area contributed by atoms with Crippen molar-refractivity contribution in [2.24, 2.45) is 0 Å². The van der Waals surface area contributed by atoms with Gasteiger partial charge in [0.2, 0.25) is 5.91 Å². The Bertz CT molecular complexity index is 765. The molecule has 0 saturated heterocycles. The lowest BCUT2D eigenvalue weighted by molar-refractivity contribution is -0.116. The van der Waals surface area contributed by atoms with Crippen molar-refractivity contribution >= 4 is 17.5 Å². The van der Waals surface area contributed by atoms with E-state index < -0.39 is 0 Å². The second kappa shape index (κ2) is 7.29. The average Bonchev–Trinajstić information content (AvgIpc) is 2.91. The topological polar surface area (TPSA) is 75.4 Å². The van der Waals surface area contributed by atoms with E-state index in [9.17, 15) is 9.59 Å². The highest BCUT2D eigenvalue weighted by molar-refractivity contribution is 6.00. The molecular formula is C18H23N3O3. The van der Waals surface area contributed by atoms with E-state index in [1.54, 1.807) is 14.0 Å². The number of benzene rings is 1. The van der Waals surface area contributed by atoms with Crippen LogP contribution in [0.2, 0.25) is 0 Å². The van der Waals surface area contributed by atoms with Crippen LogP contribution in [-0.2, 0) is 11.2 Å². The number of aromatic nitrogens is 1. The lowest BCUT2D eigenvalue weighted by Crippen LogP contribution is -2.35. The second-order valence-corrected chi connectivity index (χ2v) is 5.87. The average molecular weight is 329 g/mol. The zero-order chi connectivity index (χ0) is 17.9. The molecular weight excluding hydrogens is 306 g/mol. The minimum absolute atomic E-state index is 0.0417. The van der Waals surface area contributed by atoms with Crippen molar-refractivity contribution in [2.75, 3.05) is 18.9 Å². The number of hydrogen-bond donors (Lipinski definition) is 1. The van der Waals surface area contributed by atoms with Crippen molar-refractivity contribution < 1.29 is 14.1 Å². The van der Waals surface area contributed by atoms with Crippen LogP contribution >= 0.6 is 0 Å². The van der Waals surface area contributed by atoms with Gasteiger partial charge in [0.25, 0.3) is 5.91 Å². The maximum absolute atomic E-state index is 12.6. The van der Waals surface area contributed by atoms with Gasteiger partial charge in [0, 0.05) is 12.7 Å². The van der Waals surface area contributed by atoms with Gasteiger partial charge in [0.05, 0.1) is 12.2 Å². The lowest BCUT2D eigenvalue weighted by atomic mass is 10.1. The Hall–Kier alpha value is -2.63. The summed E-state index contributed by atoms with van der Waals surface area (Å²) in [4.78, 5) is 26.2. The molecule has 0 aliphatic rings. The van der Waals surface area contributed by atoms with Crippen LogP contribution in [0.5, 0.6) is 0 Å². The standard InChI is InChI=1S/C18H23N3O3/c1-6-14-17(13(4)24-20-14)18(23)21(5)10-16(22)19-15-9-7-8-11(2)12(15)3/h7-9H,6,10H2,1-5H3,(H,19,22). The van der Waals surface area contributed by atoms with Gasteiger partial charge in [0.15, 0.2) is 0 Å². The van der Waals surface area contributed by atoms with E-state index in [1.807, 2.05) is 39.0 Å². The summed E-state index contributed by atoms with van der Waals surface area (Å²) in [5.74, 6) is -0.0351. The highest BCUT2D eigenvalue weighted by Gasteiger charge is 2.23. The van der Waals surface area contributed by atoms with Crippen molar-refractivity contribution in [3.63, 3.8) is 0 Å². The van der Waals surface area contributed by atoms with Crippen LogP contribution < -0.4 is 5.32 Å². The van der Waals surface area contributed by atoms with E-state index >= 15 is 0 Å². The summed E-state index contributed by atoms with van der Waals surface area (Å²) < 4.78 is 5.09. The minimum atomic E-state index is -0.262. The van der Waals surface area contributed by atoms with Gasteiger partial charge >= 0.3 is 0 Å². The first-order chi connectivity index (χ1) is 11.3. The molecule has 1 N–H and O–H groups in total. The van der Waals surface area contributed by atoms with Crippen molar-refractivity contribution in [1.82, 2.24) is 10.1 Å². The predicted molar refractivity (Wildman–Crippen MR) is 92.1 cm³/mol. The molecule has 1 heterocycles. The van der Waals surface area contributed by atoms with Crippen LogP contribution in [-0.4, -0.2) is 35.5 Å². The van der Waals surface area contributed by atoms with Crippen LogP contribution in [0.25, 0.3) is 0 Å². The molecule has 1 aromatic carbocycles. The molecule has 0 atom stereocenters. The molecule has 0 aliphatic carbocycles. The number of hydrogen-bond acceptors (Lipinski definition) is 4. The van der Waals surface area contributed by atoms with E-state index in [0.717, 1.165) is 16.8 Å². The zero-order valence-corrected chi connectivity index (χ0v) is 14.8. The summed E-state index contributed by atoms with van der Waals surface area (Å²) >= 11 is 0. The first-order valence-corrected chi connectivity index (χ1v) is 7.91. The smallest absolute Gasteiger partial charge is 0.259 e. The highest BCUT2D eigenvalue weighted by atomic mass is 16.5. The molecule has 128 valence electrons. The molecule has 0 unspecified atom stereocenters. The Balaban J connectivity index is 2.07. The fourth-order valence-electron chi connectivity index (χ4n) is 2.49. The van der Waals surface area contributed by atoms with Gasteiger partial charge in [-0.05, 0) is 44.4 Å². The lowest BCUT2D eigenvalue weighted by Gasteiger charge is -2.17. The third-order valence-electron chi connectivity index (χ3n) is 4.09. The van der Waals surface area contributed by atoms with Crippen molar-refractivity contribution in [2.45, 2.75) is 34.1 Å². The van der Waals surface area contributed by atoms with Gasteiger partial charge in [-0.25, -0.2) is 0 Å². The van der Waals surface area contributed by atoms with Crippen LogP contribution in [0.1, 0.15) is 39.9 Å². The Kier molecular flexibility index (Phi) is 5.39. The number of carbonyl (C=O) groups excluding carboxylic acids is 2. The number of amides is 2. The maximum Gasteiger partial charge on any atom is 0.259 e. The van der Waals surface area contributed by atoms with Gasteiger partial charge in [-0.15, -0.1) is 0 Å². The molecule has 2 amide bonds. The summed E-state index contributed by atoms with van der Waals surface area (Å²) in [6, 6.07) is 5.73. The van der Waals surface area contributed by atoms with Crippen LogP contribution in [0.3, 0.4) is 0 Å². The Morgan fingerprint density at radius 3 is 2.62 bits per heavy atom. The summed E-state index contributed by atoms with van der Waals surface area (Å²) in [6.07, 6.45) is 0.598. The van der Waals surface area contributed by atoms with Gasteiger partial charge in [0.1, 0.15) is 11.3 Å². The SMILES string of the molecule is CCc1noc(C)c1C(=O)N(C)CC(=O)Nc1cccc(C)c1C. The zero-order valence-electron chi connectivity index (χ0n) is 14.8. The van der Waals surface area contributed by atoms with Crippen molar-refractivity contribution in [1.29, 1.82) is 0 Å². The van der Waals surface area contributed by atoms with Gasteiger partial charge in [-0.3, -0.25) is 9.59 Å². The molecule has 0 radical (unpaired) electrons.